The summed E-state index contributed by atoms with van der Waals surface area (Å²) in [6, 6.07) is 10.8. The second kappa shape index (κ2) is 9.04. The molecule has 0 bridgehead atoms. The standard InChI is InChI=1S/C24H22F2N4O/c1-3-4-10-31-21-12-16(18-8-7-17(25)13-20(18)26)11-19-22(21)29-23(30-24(19)27-2)15-6-5-9-28-14-15/h5-9,11-14H,3-4,10H2,1-2H3,(H,27,29,30). The lowest BCUT2D eigenvalue weighted by Crippen LogP contribution is -2.03. The zero-order valence-electron chi connectivity index (χ0n) is 17.3. The van der Waals surface area contributed by atoms with Gasteiger partial charge < -0.3 is 10.1 Å². The number of anilines is 1. The van der Waals surface area contributed by atoms with E-state index in [1.807, 2.05) is 12.1 Å². The van der Waals surface area contributed by atoms with E-state index >= 15 is 0 Å². The number of unbranched alkanes of at least 4 members (excludes halogenated alkanes) is 1. The van der Waals surface area contributed by atoms with Gasteiger partial charge in [-0.25, -0.2) is 18.7 Å². The maximum atomic E-state index is 14.5. The van der Waals surface area contributed by atoms with Crippen molar-refractivity contribution in [3.8, 4) is 28.3 Å². The first-order chi connectivity index (χ1) is 15.1. The Bertz CT molecular complexity index is 1220. The molecule has 0 fully saturated rings. The summed E-state index contributed by atoms with van der Waals surface area (Å²) in [6.07, 6.45) is 5.23. The van der Waals surface area contributed by atoms with Crippen LogP contribution in [0.5, 0.6) is 5.75 Å². The van der Waals surface area contributed by atoms with Crippen LogP contribution in [0.1, 0.15) is 19.8 Å². The van der Waals surface area contributed by atoms with Gasteiger partial charge in [0, 0.05) is 42.0 Å². The van der Waals surface area contributed by atoms with Crippen LogP contribution in [0.4, 0.5) is 14.6 Å². The first-order valence-corrected chi connectivity index (χ1v) is 10.1. The number of pyridine rings is 1. The van der Waals surface area contributed by atoms with Crippen molar-refractivity contribution < 1.29 is 13.5 Å². The Morgan fingerprint density at radius 3 is 2.61 bits per heavy atom. The maximum Gasteiger partial charge on any atom is 0.163 e. The minimum Gasteiger partial charge on any atom is -0.491 e. The van der Waals surface area contributed by atoms with Gasteiger partial charge in [-0.3, -0.25) is 4.98 Å². The molecule has 5 nitrogen and oxygen atoms in total. The Labute approximate surface area is 179 Å². The molecule has 0 unspecified atom stereocenters. The molecule has 0 atom stereocenters. The zero-order chi connectivity index (χ0) is 21.8. The van der Waals surface area contributed by atoms with Crippen molar-refractivity contribution in [3.05, 3.63) is 66.5 Å². The fourth-order valence-electron chi connectivity index (χ4n) is 3.33. The molecule has 7 heteroatoms. The SMILES string of the molecule is CCCCOc1cc(-c2ccc(F)cc2F)cc2c(NC)nc(-c3cccnc3)nc12. The molecule has 31 heavy (non-hydrogen) atoms. The van der Waals surface area contributed by atoms with E-state index in [1.165, 1.54) is 12.1 Å². The van der Waals surface area contributed by atoms with Gasteiger partial charge in [0.15, 0.2) is 5.82 Å². The monoisotopic (exact) mass is 420 g/mol. The Morgan fingerprint density at radius 2 is 1.90 bits per heavy atom. The highest BCUT2D eigenvalue weighted by Crippen LogP contribution is 2.36. The third-order valence-corrected chi connectivity index (χ3v) is 4.92. The van der Waals surface area contributed by atoms with Crippen LogP contribution >= 0.6 is 0 Å². The highest BCUT2D eigenvalue weighted by atomic mass is 19.1. The summed E-state index contributed by atoms with van der Waals surface area (Å²) in [5, 5.41) is 3.78. The molecule has 1 N–H and O–H groups in total. The minimum absolute atomic E-state index is 0.280. The molecular weight excluding hydrogens is 398 g/mol. The lowest BCUT2D eigenvalue weighted by atomic mass is 10.0. The van der Waals surface area contributed by atoms with Gasteiger partial charge in [0.25, 0.3) is 0 Å². The quantitative estimate of drug-likeness (QED) is 0.380. The molecule has 0 spiro atoms. The number of halogens is 2. The van der Waals surface area contributed by atoms with E-state index < -0.39 is 11.6 Å². The lowest BCUT2D eigenvalue weighted by Gasteiger charge is -2.15. The predicted molar refractivity (Wildman–Crippen MR) is 118 cm³/mol. The van der Waals surface area contributed by atoms with Crippen LogP contribution in [0.3, 0.4) is 0 Å². The largest absolute Gasteiger partial charge is 0.491 e. The fraction of sp³-hybridized carbons (Fsp3) is 0.208. The third kappa shape index (κ3) is 4.30. The summed E-state index contributed by atoms with van der Waals surface area (Å²) in [6.45, 7) is 2.58. The van der Waals surface area contributed by atoms with E-state index in [4.69, 9.17) is 9.72 Å². The van der Waals surface area contributed by atoms with Crippen molar-refractivity contribution >= 4 is 16.7 Å². The number of hydrogen-bond acceptors (Lipinski definition) is 5. The smallest absolute Gasteiger partial charge is 0.163 e. The van der Waals surface area contributed by atoms with Gasteiger partial charge in [-0.1, -0.05) is 13.3 Å². The number of hydrogen-bond donors (Lipinski definition) is 1. The topological polar surface area (TPSA) is 59.9 Å². The van der Waals surface area contributed by atoms with Crippen LogP contribution in [-0.2, 0) is 0 Å². The average molecular weight is 420 g/mol. The van der Waals surface area contributed by atoms with E-state index in [1.54, 1.807) is 31.6 Å². The molecule has 158 valence electrons. The number of fused-ring (bicyclic) bond motifs is 1. The van der Waals surface area contributed by atoms with Crippen molar-refractivity contribution in [1.29, 1.82) is 0 Å². The van der Waals surface area contributed by atoms with E-state index in [0.29, 0.717) is 40.5 Å². The van der Waals surface area contributed by atoms with E-state index in [2.05, 4.69) is 22.2 Å². The number of nitrogens with zero attached hydrogens (tertiary/aromatic N) is 3. The molecule has 4 rings (SSSR count). The Morgan fingerprint density at radius 1 is 1.03 bits per heavy atom. The Kier molecular flexibility index (Phi) is 6.02. The highest BCUT2D eigenvalue weighted by molar-refractivity contribution is 5.97. The summed E-state index contributed by atoms with van der Waals surface area (Å²) in [7, 11) is 1.76. The van der Waals surface area contributed by atoms with Gasteiger partial charge >= 0.3 is 0 Å². The van der Waals surface area contributed by atoms with E-state index in [0.717, 1.165) is 24.5 Å². The predicted octanol–water partition coefficient (Wildman–Crippen LogP) is 5.86. The van der Waals surface area contributed by atoms with Crippen LogP contribution in [0.2, 0.25) is 0 Å². The van der Waals surface area contributed by atoms with Crippen LogP contribution < -0.4 is 10.1 Å². The van der Waals surface area contributed by atoms with Gasteiger partial charge in [0.2, 0.25) is 0 Å². The molecule has 0 radical (unpaired) electrons. The van der Waals surface area contributed by atoms with Crippen molar-refractivity contribution in [2.45, 2.75) is 19.8 Å². The number of ether oxygens (including phenoxy) is 1. The van der Waals surface area contributed by atoms with Crippen molar-refractivity contribution in [2.24, 2.45) is 0 Å². The molecule has 0 saturated heterocycles. The number of benzene rings is 2. The summed E-state index contributed by atoms with van der Waals surface area (Å²) < 4.78 is 34.0. The molecule has 2 aromatic heterocycles. The van der Waals surface area contributed by atoms with Gasteiger partial charge in [0.1, 0.15) is 28.7 Å². The van der Waals surface area contributed by atoms with Gasteiger partial charge in [-0.15, -0.1) is 0 Å². The molecule has 0 saturated carbocycles. The Balaban J connectivity index is 1.94. The van der Waals surface area contributed by atoms with Gasteiger partial charge in [-0.05, 0) is 48.4 Å². The number of rotatable bonds is 7. The number of aromatic nitrogens is 3. The van der Waals surface area contributed by atoms with Crippen molar-refractivity contribution in [2.75, 3.05) is 19.0 Å². The normalized spacial score (nSPS) is 11.0. The van der Waals surface area contributed by atoms with E-state index in [-0.39, 0.29) is 5.56 Å². The second-order valence-corrected chi connectivity index (χ2v) is 7.08. The average Bonchev–Trinajstić information content (AvgIpc) is 2.79. The van der Waals surface area contributed by atoms with Crippen LogP contribution in [0, 0.1) is 11.6 Å². The molecule has 0 aliphatic rings. The van der Waals surface area contributed by atoms with Crippen molar-refractivity contribution in [3.63, 3.8) is 0 Å². The minimum atomic E-state index is -0.641. The lowest BCUT2D eigenvalue weighted by molar-refractivity contribution is 0.312. The maximum absolute atomic E-state index is 14.5. The molecule has 2 aromatic carbocycles. The molecule has 0 aliphatic carbocycles. The summed E-state index contributed by atoms with van der Waals surface area (Å²) >= 11 is 0. The first-order valence-electron chi connectivity index (χ1n) is 10.1. The molecule has 0 amide bonds. The third-order valence-electron chi connectivity index (χ3n) is 4.92. The fourth-order valence-corrected chi connectivity index (χ4v) is 3.33. The van der Waals surface area contributed by atoms with Crippen LogP contribution in [0.25, 0.3) is 33.4 Å². The van der Waals surface area contributed by atoms with Gasteiger partial charge in [0.05, 0.1) is 6.61 Å². The zero-order valence-corrected chi connectivity index (χ0v) is 17.3. The van der Waals surface area contributed by atoms with Crippen molar-refractivity contribution in [1.82, 2.24) is 15.0 Å². The molecule has 0 aliphatic heterocycles. The first kappa shape index (κ1) is 20.7. The number of nitrogens with one attached hydrogen (secondary N) is 1. The molecule has 2 heterocycles. The summed E-state index contributed by atoms with van der Waals surface area (Å²) in [5.74, 6) is 0.341. The van der Waals surface area contributed by atoms with Crippen LogP contribution in [0.15, 0.2) is 54.9 Å². The molecular formula is C24H22F2N4O. The summed E-state index contributed by atoms with van der Waals surface area (Å²) in [4.78, 5) is 13.5. The highest BCUT2D eigenvalue weighted by Gasteiger charge is 2.17. The molecule has 4 aromatic rings. The Hall–Kier alpha value is -3.61. The van der Waals surface area contributed by atoms with E-state index in [9.17, 15) is 8.78 Å². The van der Waals surface area contributed by atoms with Crippen LogP contribution in [-0.4, -0.2) is 28.6 Å². The second-order valence-electron chi connectivity index (χ2n) is 7.08. The summed E-state index contributed by atoms with van der Waals surface area (Å²) in [5.41, 5.74) is 2.22. The van der Waals surface area contributed by atoms with Gasteiger partial charge in [-0.2, -0.15) is 0 Å².